The lowest BCUT2D eigenvalue weighted by Crippen LogP contribution is -2.26. The maximum Gasteiger partial charge on any atom is 0.416 e. The van der Waals surface area contributed by atoms with Gasteiger partial charge in [0.1, 0.15) is 29.8 Å². The van der Waals surface area contributed by atoms with Crippen LogP contribution in [0.25, 0.3) is 22.5 Å². The molecule has 0 unspecified atom stereocenters. The third-order valence-corrected chi connectivity index (χ3v) is 10.8. The number of carbonyl (C=O) groups is 1. The molecule has 1 amide bonds. The van der Waals surface area contributed by atoms with Crippen molar-refractivity contribution in [1.29, 1.82) is 10.5 Å². The number of methoxy groups -OCH3 is 1. The highest BCUT2D eigenvalue weighted by Gasteiger charge is 2.48. The first-order chi connectivity index (χ1) is 24.4. The maximum absolute atomic E-state index is 14.6. The SMILES string of the molecule is COc1cc(-c2nncn2C)c(-c2cc(NC3(CC#N)CC3)nc(N3Cc4c(cc(CN5CCC6(CC6)C5)cc4C(F)(F)F)C3=O)c2)cc1C#N. The Balaban J connectivity index is 1.23. The van der Waals surface area contributed by atoms with Crippen LogP contribution in [0.5, 0.6) is 5.75 Å². The van der Waals surface area contributed by atoms with Gasteiger partial charge < -0.3 is 14.6 Å². The molecule has 4 aliphatic rings. The van der Waals surface area contributed by atoms with E-state index in [9.17, 15) is 28.5 Å². The number of hydrogen-bond acceptors (Lipinski definition) is 9. The maximum atomic E-state index is 14.6. The number of amides is 1. The molecule has 2 aliphatic heterocycles. The van der Waals surface area contributed by atoms with E-state index in [-0.39, 0.29) is 35.5 Å². The number of benzene rings is 2. The summed E-state index contributed by atoms with van der Waals surface area (Å²) in [4.78, 5) is 22.4. The minimum atomic E-state index is -4.67. The fourth-order valence-corrected chi connectivity index (χ4v) is 7.58. The van der Waals surface area contributed by atoms with Crippen molar-refractivity contribution in [1.82, 2.24) is 24.6 Å². The van der Waals surface area contributed by atoms with Crippen LogP contribution in [0, 0.1) is 28.1 Å². The predicted molar refractivity (Wildman–Crippen MR) is 180 cm³/mol. The van der Waals surface area contributed by atoms with Gasteiger partial charge in [-0.15, -0.1) is 10.2 Å². The first-order valence-electron chi connectivity index (χ1n) is 16.9. The second-order valence-corrected chi connectivity index (χ2v) is 14.3. The highest BCUT2D eigenvalue weighted by Crippen LogP contribution is 2.53. The van der Waals surface area contributed by atoms with Crippen molar-refractivity contribution in [2.45, 2.75) is 63.3 Å². The topological polar surface area (TPSA) is 136 Å². The predicted octanol–water partition coefficient (Wildman–Crippen LogP) is 6.45. The van der Waals surface area contributed by atoms with Crippen molar-refractivity contribution >= 4 is 17.5 Å². The lowest BCUT2D eigenvalue weighted by Gasteiger charge is -2.21. The van der Waals surface area contributed by atoms with Crippen LogP contribution in [0.2, 0.25) is 0 Å². The minimum Gasteiger partial charge on any atom is -0.495 e. The van der Waals surface area contributed by atoms with E-state index in [4.69, 9.17) is 9.72 Å². The van der Waals surface area contributed by atoms with Gasteiger partial charge in [0.25, 0.3) is 5.91 Å². The Morgan fingerprint density at radius 1 is 1.02 bits per heavy atom. The van der Waals surface area contributed by atoms with Gasteiger partial charge >= 0.3 is 6.18 Å². The first-order valence-corrected chi connectivity index (χ1v) is 16.9. The first kappa shape index (κ1) is 32.7. The van der Waals surface area contributed by atoms with E-state index in [0.717, 1.165) is 45.2 Å². The second-order valence-electron chi connectivity index (χ2n) is 14.3. The molecule has 51 heavy (non-hydrogen) atoms. The van der Waals surface area contributed by atoms with Gasteiger partial charge in [0, 0.05) is 31.3 Å². The van der Waals surface area contributed by atoms with E-state index in [2.05, 4.69) is 32.6 Å². The van der Waals surface area contributed by atoms with Gasteiger partial charge in [-0.2, -0.15) is 23.7 Å². The molecule has 0 atom stereocenters. The molecule has 260 valence electrons. The Bertz CT molecular complexity index is 2170. The molecular formula is C37H34F3N9O2. The van der Waals surface area contributed by atoms with Crippen LogP contribution in [0.3, 0.4) is 0 Å². The molecule has 1 saturated heterocycles. The summed E-state index contributed by atoms with van der Waals surface area (Å²) in [5, 5.41) is 31.2. The normalized spacial score (nSPS) is 18.4. The number of ether oxygens (including phenoxy) is 1. The van der Waals surface area contributed by atoms with Gasteiger partial charge in [-0.25, -0.2) is 4.98 Å². The minimum absolute atomic E-state index is 0.0148. The fourth-order valence-electron chi connectivity index (χ4n) is 7.58. The smallest absolute Gasteiger partial charge is 0.416 e. The summed E-state index contributed by atoms with van der Waals surface area (Å²) in [6.45, 7) is 1.71. The van der Waals surface area contributed by atoms with Gasteiger partial charge in [-0.1, -0.05) is 0 Å². The van der Waals surface area contributed by atoms with Gasteiger partial charge in [-0.3, -0.25) is 14.6 Å². The number of fused-ring (bicyclic) bond motifs is 1. The van der Waals surface area contributed by atoms with Crippen molar-refractivity contribution in [3.63, 3.8) is 0 Å². The van der Waals surface area contributed by atoms with Crippen LogP contribution in [0.1, 0.15) is 71.1 Å². The largest absolute Gasteiger partial charge is 0.495 e. The summed E-state index contributed by atoms with van der Waals surface area (Å²) in [6.07, 6.45) is 1.92. The molecule has 1 N–H and O–H groups in total. The number of nitrogens with one attached hydrogen (secondary N) is 1. The van der Waals surface area contributed by atoms with Crippen LogP contribution < -0.4 is 15.0 Å². The zero-order valence-electron chi connectivity index (χ0n) is 28.1. The number of carbonyl (C=O) groups excluding carboxylic acids is 1. The Kier molecular flexibility index (Phi) is 7.58. The Labute approximate surface area is 292 Å². The average Bonchev–Trinajstić information content (AvgIpc) is 3.90. The zero-order valence-corrected chi connectivity index (χ0v) is 28.1. The standard InChI is InChI=1S/C37H34F3N9O2/c1-47-21-43-46-33(47)26-16-30(51-2)24(17-42)13-25(26)23-14-31(45-36(5-6-36)7-9-41)44-32(15-23)49-19-28-27(34(49)50)11-22(12-29(28)37(38,39)40)18-48-10-8-35(20-48)3-4-35/h11-16,21H,3-8,10,18-20H2,1-2H3,(H,44,45). The molecule has 2 aromatic carbocycles. The van der Waals surface area contributed by atoms with Crippen LogP contribution >= 0.6 is 0 Å². The second kappa shape index (κ2) is 11.8. The van der Waals surface area contributed by atoms with Crippen molar-refractivity contribution in [2.24, 2.45) is 12.5 Å². The number of rotatable bonds is 9. The molecule has 8 rings (SSSR count). The van der Waals surface area contributed by atoms with Gasteiger partial charge in [0.2, 0.25) is 0 Å². The lowest BCUT2D eigenvalue weighted by molar-refractivity contribution is -0.138. The van der Waals surface area contributed by atoms with Crippen LogP contribution in [-0.4, -0.2) is 56.3 Å². The highest BCUT2D eigenvalue weighted by atomic mass is 19.4. The van der Waals surface area contributed by atoms with Crippen molar-refractivity contribution in [3.05, 3.63) is 70.5 Å². The van der Waals surface area contributed by atoms with Crippen molar-refractivity contribution in [3.8, 4) is 40.4 Å². The van der Waals surface area contributed by atoms with Crippen LogP contribution in [0.15, 0.2) is 42.7 Å². The number of aromatic nitrogens is 4. The molecule has 11 nitrogen and oxygen atoms in total. The van der Waals surface area contributed by atoms with Crippen LogP contribution in [0.4, 0.5) is 24.8 Å². The van der Waals surface area contributed by atoms with E-state index in [1.54, 1.807) is 41.9 Å². The Hall–Kier alpha value is -5.47. The van der Waals surface area contributed by atoms with E-state index in [1.807, 2.05) is 0 Å². The average molecular weight is 694 g/mol. The third-order valence-electron chi connectivity index (χ3n) is 10.8. The lowest BCUT2D eigenvalue weighted by atomic mass is 9.96. The quantitative estimate of drug-likeness (QED) is 0.210. The summed E-state index contributed by atoms with van der Waals surface area (Å²) in [5.74, 6) is 0.692. The number of nitriles is 2. The molecule has 4 aromatic rings. The van der Waals surface area contributed by atoms with E-state index in [1.165, 1.54) is 24.4 Å². The number of anilines is 2. The van der Waals surface area contributed by atoms with Gasteiger partial charge in [0.05, 0.1) is 42.8 Å². The fraction of sp³-hybridized carbons (Fsp3) is 0.405. The summed E-state index contributed by atoms with van der Waals surface area (Å²) >= 11 is 0. The molecule has 2 saturated carbocycles. The molecular weight excluding hydrogens is 659 g/mol. The molecule has 1 spiro atoms. The van der Waals surface area contributed by atoms with Gasteiger partial charge in [0.15, 0.2) is 5.82 Å². The number of nitrogens with zero attached hydrogens (tertiary/aromatic N) is 8. The molecule has 4 heterocycles. The number of halogens is 3. The highest BCUT2D eigenvalue weighted by molar-refractivity contribution is 6.10. The summed E-state index contributed by atoms with van der Waals surface area (Å²) in [6, 6.07) is 13.9. The molecule has 0 bridgehead atoms. The van der Waals surface area contributed by atoms with E-state index < -0.39 is 23.2 Å². The number of hydrogen-bond donors (Lipinski definition) is 1. The van der Waals surface area contributed by atoms with Crippen LogP contribution in [-0.2, 0) is 26.3 Å². The third kappa shape index (κ3) is 5.93. The molecule has 2 aromatic heterocycles. The van der Waals surface area contributed by atoms with E-state index in [0.29, 0.717) is 51.6 Å². The van der Waals surface area contributed by atoms with E-state index >= 15 is 0 Å². The monoisotopic (exact) mass is 693 g/mol. The Morgan fingerprint density at radius 2 is 1.82 bits per heavy atom. The molecule has 2 aliphatic carbocycles. The number of alkyl halides is 3. The van der Waals surface area contributed by atoms with Gasteiger partial charge in [-0.05, 0) is 103 Å². The zero-order chi connectivity index (χ0) is 35.7. The summed E-state index contributed by atoms with van der Waals surface area (Å²) in [7, 11) is 3.23. The number of aryl methyl sites for hydroxylation is 1. The Morgan fingerprint density at radius 3 is 2.45 bits per heavy atom. The summed E-state index contributed by atoms with van der Waals surface area (Å²) in [5.41, 5.74) is 1.26. The molecule has 14 heteroatoms. The summed E-state index contributed by atoms with van der Waals surface area (Å²) < 4.78 is 51.1. The van der Waals surface area contributed by atoms with Crippen molar-refractivity contribution in [2.75, 3.05) is 30.4 Å². The molecule has 0 radical (unpaired) electrons. The van der Waals surface area contributed by atoms with Crippen molar-refractivity contribution < 1.29 is 22.7 Å². The number of likely N-dealkylation sites (tertiary alicyclic amines) is 1. The number of pyridine rings is 1. The molecule has 3 fully saturated rings.